The average Bonchev–Trinajstić information content (AvgIpc) is 3.27. The van der Waals surface area contributed by atoms with E-state index < -0.39 is 94.6 Å². The normalized spacial score (nSPS) is 18.6. The zero-order valence-corrected chi connectivity index (χ0v) is 37.5. The number of aromatic nitrogens is 1. The molecule has 1 aliphatic heterocycles. The van der Waals surface area contributed by atoms with E-state index in [1.807, 2.05) is 0 Å². The molecule has 3 aromatic rings. The number of amides is 6. The number of nitrogens with two attached hydrogens (primary N) is 2. The minimum absolute atomic E-state index is 0.0472. The molecule has 2 heterocycles. The Kier molecular flexibility index (Phi) is 19.6. The van der Waals surface area contributed by atoms with Crippen molar-refractivity contribution < 1.29 is 56.4 Å². The van der Waals surface area contributed by atoms with E-state index in [0.717, 1.165) is 0 Å². The fourth-order valence-corrected chi connectivity index (χ4v) is 7.11. The van der Waals surface area contributed by atoms with Crippen LogP contribution in [0.2, 0.25) is 0 Å². The number of carbonyl (C=O) groups is 7. The van der Waals surface area contributed by atoms with E-state index in [2.05, 4.69) is 52.1 Å². The van der Waals surface area contributed by atoms with Crippen molar-refractivity contribution in [2.24, 2.45) is 32.6 Å². The number of pyridine rings is 1. The van der Waals surface area contributed by atoms with E-state index in [9.17, 15) is 51.6 Å². The summed E-state index contributed by atoms with van der Waals surface area (Å²) >= 11 is 0. The molecule has 0 spiro atoms. The van der Waals surface area contributed by atoms with Crippen molar-refractivity contribution in [3.63, 3.8) is 0 Å². The van der Waals surface area contributed by atoms with Crippen molar-refractivity contribution in [3.05, 3.63) is 83.6 Å². The molecule has 0 aliphatic carbocycles. The Morgan fingerprint density at radius 3 is 2.24 bits per heavy atom. The number of rotatable bonds is 19. The highest BCUT2D eigenvalue weighted by Crippen LogP contribution is 2.18. The summed E-state index contributed by atoms with van der Waals surface area (Å²) < 4.78 is 38.4. The van der Waals surface area contributed by atoms with Crippen LogP contribution >= 0.6 is 0 Å². The Hall–Kier alpha value is -7.54. The minimum Gasteiger partial charge on any atom is -0.494 e. The van der Waals surface area contributed by atoms with Crippen LogP contribution in [-0.4, -0.2) is 121 Å². The van der Waals surface area contributed by atoms with E-state index >= 15 is 0 Å². The molecule has 4 rings (SSSR count). The van der Waals surface area contributed by atoms with Crippen molar-refractivity contribution in [3.8, 4) is 5.75 Å². The van der Waals surface area contributed by atoms with Gasteiger partial charge in [0.15, 0.2) is 11.8 Å². The summed E-state index contributed by atoms with van der Waals surface area (Å²) in [6.45, 7) is 3.11. The van der Waals surface area contributed by atoms with Crippen LogP contribution in [0.5, 0.6) is 5.75 Å². The maximum atomic E-state index is 13.9. The van der Waals surface area contributed by atoms with Gasteiger partial charge in [0.25, 0.3) is 16.0 Å². The van der Waals surface area contributed by atoms with Gasteiger partial charge in [0, 0.05) is 25.7 Å². The second kappa shape index (κ2) is 25.2. The lowest BCUT2D eigenvalue weighted by Crippen LogP contribution is -2.59. The Labute approximate surface area is 385 Å². The van der Waals surface area contributed by atoms with Crippen molar-refractivity contribution >= 4 is 63.3 Å². The van der Waals surface area contributed by atoms with Crippen LogP contribution in [0.15, 0.2) is 87.0 Å². The molecule has 1 fully saturated rings. The molecule has 0 saturated carbocycles. The summed E-state index contributed by atoms with van der Waals surface area (Å²) in [5.41, 5.74) is 11.8. The lowest BCUT2D eigenvalue weighted by atomic mass is 9.99. The molecule has 4 atom stereocenters. The third kappa shape index (κ3) is 17.4. The number of guanidine groups is 1. The first-order chi connectivity index (χ1) is 31.8. The van der Waals surface area contributed by atoms with Crippen molar-refractivity contribution in [1.82, 2.24) is 36.9 Å². The summed E-state index contributed by atoms with van der Waals surface area (Å²) in [5, 5.41) is 32.6. The zero-order valence-electron chi connectivity index (χ0n) is 36.6. The highest BCUT2D eigenvalue weighted by Gasteiger charge is 2.34. The molecule has 1 aliphatic rings. The molecule has 25 heteroatoms. The maximum absolute atomic E-state index is 13.9. The van der Waals surface area contributed by atoms with Gasteiger partial charge in [-0.15, -0.1) is 5.11 Å². The van der Waals surface area contributed by atoms with Gasteiger partial charge in [0.2, 0.25) is 29.5 Å². The molecular weight excluding hydrogens is 897 g/mol. The Balaban J connectivity index is 1.36. The van der Waals surface area contributed by atoms with Crippen LogP contribution in [0.4, 0.5) is 5.82 Å². The summed E-state index contributed by atoms with van der Waals surface area (Å²) in [5.74, 6) is -6.07. The van der Waals surface area contributed by atoms with E-state index in [0.29, 0.717) is 17.7 Å². The first-order valence-electron chi connectivity index (χ1n) is 20.9. The monoisotopic (exact) mass is 950 g/mol. The molecule has 1 aromatic heterocycles. The smallest absolute Gasteiger partial charge is 0.305 e. The van der Waals surface area contributed by atoms with Gasteiger partial charge in [0.1, 0.15) is 29.9 Å². The predicted octanol–water partition coefficient (Wildman–Crippen LogP) is -0.393. The lowest BCUT2D eigenvalue weighted by molar-refractivity contribution is -0.141. The van der Waals surface area contributed by atoms with Crippen molar-refractivity contribution in [2.75, 3.05) is 26.2 Å². The third-order valence-corrected chi connectivity index (χ3v) is 10.8. The molecule has 6 amide bonds. The minimum atomic E-state index is -4.43. The van der Waals surface area contributed by atoms with Gasteiger partial charge >= 0.3 is 5.97 Å². The van der Waals surface area contributed by atoms with Crippen LogP contribution in [-0.2, 0) is 51.9 Å². The third-order valence-electron chi connectivity index (χ3n) is 9.83. The van der Waals surface area contributed by atoms with Gasteiger partial charge in [0.05, 0.1) is 36.6 Å². The number of carbonyl (C=O) groups excluding carboxylic acids is 6. The SMILES string of the molecule is CC(C)[C@@H]1NC(=O)[C@@H](Cc2ccc(OCCCNC(=O)c3ccc(N=NCc4ccccc4S(=O)(=O)O)nc3)cc2)NC(=O)[C@H](CC(=O)O)NC(=O)CNC(=O)[C@H](CCCN=C(N)N)NC1=O. The van der Waals surface area contributed by atoms with Crippen LogP contribution in [0, 0.1) is 5.92 Å². The number of ether oxygens (including phenoxy) is 1. The predicted molar refractivity (Wildman–Crippen MR) is 239 cm³/mol. The number of aliphatic imine (C=N–C) groups is 1. The number of benzene rings is 2. The van der Waals surface area contributed by atoms with Crippen LogP contribution in [0.25, 0.3) is 0 Å². The molecule has 360 valence electrons. The van der Waals surface area contributed by atoms with Gasteiger partial charge in [-0.1, -0.05) is 44.2 Å². The number of hydrogen-bond donors (Lipinski definition) is 10. The van der Waals surface area contributed by atoms with E-state index in [1.165, 1.54) is 36.5 Å². The molecule has 24 nitrogen and oxygen atoms in total. The Morgan fingerprint density at radius 1 is 0.881 bits per heavy atom. The zero-order chi connectivity index (χ0) is 49.1. The van der Waals surface area contributed by atoms with Gasteiger partial charge < -0.3 is 53.2 Å². The van der Waals surface area contributed by atoms with Crippen molar-refractivity contribution in [1.29, 1.82) is 0 Å². The molecule has 0 bridgehead atoms. The average molecular weight is 951 g/mol. The standard InChI is InChI=1S/C42H54N12O12S/c1-24(2)36-41(62)51-29(8-5-16-46-42(43)44)38(59)48-23-34(55)50-31(20-35(56)57)39(60)52-30(40(61)53-36)19-25-10-13-28(14-11-25)66-18-6-17-45-37(58)27-12-15-33(47-21-27)54-49-22-26-7-3-4-9-32(26)67(63,64)65/h3-4,7,9-15,21,24,29-31,36H,5-6,8,16-20,22-23H2,1-2H3,(H,45,58)(H,48,59)(H,50,55)(H,51,62)(H,52,60)(H,53,61)(H,56,57)(H4,43,44,46)(H,63,64,65)/t29-,30+,31-,36-/m0/s1. The fourth-order valence-electron chi connectivity index (χ4n) is 6.40. The van der Waals surface area contributed by atoms with E-state index in [-0.39, 0.29) is 73.3 Å². The fraction of sp³-hybridized carbons (Fsp3) is 0.405. The largest absolute Gasteiger partial charge is 0.494 e. The number of nitrogens with zero attached hydrogens (tertiary/aromatic N) is 4. The first kappa shape index (κ1) is 52.1. The summed E-state index contributed by atoms with van der Waals surface area (Å²) in [6, 6.07) is 9.87. The Morgan fingerprint density at radius 2 is 1.58 bits per heavy atom. The maximum Gasteiger partial charge on any atom is 0.305 e. The molecule has 0 unspecified atom stereocenters. The van der Waals surface area contributed by atoms with Gasteiger partial charge in [-0.25, -0.2) is 4.98 Å². The summed E-state index contributed by atoms with van der Waals surface area (Å²) in [4.78, 5) is 99.1. The molecule has 1 saturated heterocycles. The van der Waals surface area contributed by atoms with Crippen LogP contribution < -0.4 is 48.1 Å². The van der Waals surface area contributed by atoms with Gasteiger partial charge in [-0.2, -0.15) is 13.5 Å². The number of azo groups is 1. The van der Waals surface area contributed by atoms with Gasteiger partial charge in [-0.3, -0.25) is 43.1 Å². The molecule has 0 radical (unpaired) electrons. The quantitative estimate of drug-likeness (QED) is 0.0240. The number of nitrogens with one attached hydrogen (secondary N) is 6. The van der Waals surface area contributed by atoms with E-state index in [1.54, 1.807) is 44.2 Å². The molecule has 67 heavy (non-hydrogen) atoms. The highest BCUT2D eigenvalue weighted by molar-refractivity contribution is 7.85. The lowest BCUT2D eigenvalue weighted by Gasteiger charge is -2.27. The highest BCUT2D eigenvalue weighted by atomic mass is 32.2. The second-order valence-electron chi connectivity index (χ2n) is 15.4. The van der Waals surface area contributed by atoms with E-state index in [4.69, 9.17) is 16.2 Å². The molecular formula is C42H54N12O12S. The number of hydrogen-bond acceptors (Lipinski definition) is 14. The second-order valence-corrected chi connectivity index (χ2v) is 16.8. The van der Waals surface area contributed by atoms with Crippen LogP contribution in [0.1, 0.15) is 61.0 Å². The van der Waals surface area contributed by atoms with Crippen LogP contribution in [0.3, 0.4) is 0 Å². The Bertz CT molecular complexity index is 2410. The number of carboxylic acids is 1. The summed E-state index contributed by atoms with van der Waals surface area (Å²) in [7, 11) is -4.43. The molecule has 2 aromatic carbocycles. The van der Waals surface area contributed by atoms with Gasteiger partial charge in [-0.05, 0) is 66.6 Å². The van der Waals surface area contributed by atoms with Crippen molar-refractivity contribution in [2.45, 2.75) is 81.6 Å². The number of aliphatic carboxylic acids is 1. The topological polar surface area (TPSA) is 378 Å². The number of carboxylic acid groups (broad SMARTS) is 1. The summed E-state index contributed by atoms with van der Waals surface area (Å²) in [6.07, 6.45) is 1.03. The molecule has 12 N–H and O–H groups in total. The first-order valence-corrected chi connectivity index (χ1v) is 22.4.